The lowest BCUT2D eigenvalue weighted by Gasteiger charge is -2.11. The number of hydrogen-bond acceptors (Lipinski definition) is 7. The molecule has 0 aliphatic carbocycles. The summed E-state index contributed by atoms with van der Waals surface area (Å²) in [5.74, 6) is -2.84. The summed E-state index contributed by atoms with van der Waals surface area (Å²) in [6.07, 6.45) is -4.70. The first kappa shape index (κ1) is 28.5. The third-order valence-corrected chi connectivity index (χ3v) is 5.42. The molecule has 0 aliphatic rings. The first-order valence-electron chi connectivity index (χ1n) is 10.7. The van der Waals surface area contributed by atoms with Crippen LogP contribution in [-0.2, 0) is 12.7 Å². The van der Waals surface area contributed by atoms with E-state index in [2.05, 4.69) is 15.3 Å². The van der Waals surface area contributed by atoms with Gasteiger partial charge >= 0.3 is 6.18 Å². The molecule has 8 nitrogen and oxygen atoms in total. The minimum absolute atomic E-state index is 0. The zero-order chi connectivity index (χ0) is 26.9. The third-order valence-electron chi connectivity index (χ3n) is 5.42. The van der Waals surface area contributed by atoms with Crippen LogP contribution < -0.4 is 15.8 Å². The number of fused-ring (bicyclic) bond motifs is 1. The lowest BCUT2D eigenvalue weighted by molar-refractivity contribution is -0.140. The Hall–Kier alpha value is -4.10. The van der Waals surface area contributed by atoms with E-state index >= 15 is 0 Å². The number of hydrogen-bond donors (Lipinski definition) is 3. The lowest BCUT2D eigenvalue weighted by atomic mass is 10.1. The molecule has 202 valence electrons. The number of aromatic nitrogens is 2. The molecule has 0 spiro atoms. The van der Waals surface area contributed by atoms with Crippen LogP contribution in [-0.4, -0.2) is 34.7 Å². The van der Waals surface area contributed by atoms with Crippen molar-refractivity contribution in [3.8, 4) is 17.2 Å². The Kier molecular flexibility index (Phi) is 8.32. The number of ether oxygens (including phenoxy) is 1. The SMILES string of the molecule is C.COc1ccc(-c2nc(C(=O)NCc3ccc(F)cc3F)c([C@@H](N)CO)o2)c2ccc(C(F)(F)F)nc12. The molecule has 0 fully saturated rings. The highest BCUT2D eigenvalue weighted by Crippen LogP contribution is 2.37. The molecule has 13 heteroatoms. The molecule has 2 heterocycles. The van der Waals surface area contributed by atoms with E-state index < -0.39 is 42.1 Å². The van der Waals surface area contributed by atoms with Crippen LogP contribution >= 0.6 is 0 Å². The normalized spacial score (nSPS) is 12.2. The molecular formula is C25H23F5N4O4. The fraction of sp³-hybridized carbons (Fsp3) is 0.240. The Labute approximate surface area is 213 Å². The number of oxazole rings is 1. The smallest absolute Gasteiger partial charge is 0.433 e. The van der Waals surface area contributed by atoms with Crippen molar-refractivity contribution in [1.82, 2.24) is 15.3 Å². The van der Waals surface area contributed by atoms with E-state index in [4.69, 9.17) is 14.9 Å². The first-order valence-corrected chi connectivity index (χ1v) is 10.7. The van der Waals surface area contributed by atoms with Gasteiger partial charge in [0.15, 0.2) is 11.5 Å². The van der Waals surface area contributed by atoms with Crippen LogP contribution in [0.3, 0.4) is 0 Å². The predicted molar refractivity (Wildman–Crippen MR) is 127 cm³/mol. The fourth-order valence-electron chi connectivity index (χ4n) is 3.57. The number of nitrogens with two attached hydrogens (primary N) is 1. The Morgan fingerprint density at radius 3 is 2.53 bits per heavy atom. The van der Waals surface area contributed by atoms with Gasteiger partial charge < -0.3 is 25.3 Å². The van der Waals surface area contributed by atoms with Gasteiger partial charge in [-0.3, -0.25) is 4.79 Å². The summed E-state index contributed by atoms with van der Waals surface area (Å²) in [6, 6.07) is 6.42. The van der Waals surface area contributed by atoms with E-state index in [0.717, 1.165) is 24.3 Å². The number of aliphatic hydroxyl groups is 1. The summed E-state index contributed by atoms with van der Waals surface area (Å²) >= 11 is 0. The highest BCUT2D eigenvalue weighted by atomic mass is 19.4. The van der Waals surface area contributed by atoms with Gasteiger partial charge in [0.25, 0.3) is 5.91 Å². The number of rotatable bonds is 7. The van der Waals surface area contributed by atoms with Crippen LogP contribution in [0, 0.1) is 11.6 Å². The number of carbonyl (C=O) groups excluding carboxylic acids is 1. The number of aliphatic hydroxyl groups excluding tert-OH is 1. The quantitative estimate of drug-likeness (QED) is 0.290. The molecule has 38 heavy (non-hydrogen) atoms. The average Bonchev–Trinajstić information content (AvgIpc) is 3.31. The van der Waals surface area contributed by atoms with E-state index in [-0.39, 0.29) is 59.1 Å². The maximum absolute atomic E-state index is 13.9. The van der Waals surface area contributed by atoms with E-state index in [1.165, 1.54) is 19.2 Å². The van der Waals surface area contributed by atoms with Gasteiger partial charge in [-0.25, -0.2) is 18.7 Å². The molecule has 4 N–H and O–H groups in total. The molecule has 4 rings (SSSR count). The average molecular weight is 538 g/mol. The lowest BCUT2D eigenvalue weighted by Crippen LogP contribution is -2.26. The van der Waals surface area contributed by atoms with Crippen molar-refractivity contribution >= 4 is 16.8 Å². The molecule has 2 aromatic carbocycles. The van der Waals surface area contributed by atoms with Gasteiger partial charge in [0, 0.05) is 29.1 Å². The molecule has 0 aliphatic heterocycles. The van der Waals surface area contributed by atoms with E-state index in [9.17, 15) is 31.9 Å². The Bertz CT molecular complexity index is 1470. The molecule has 0 radical (unpaired) electrons. The number of pyridine rings is 1. The summed E-state index contributed by atoms with van der Waals surface area (Å²) in [7, 11) is 1.27. The van der Waals surface area contributed by atoms with Crippen molar-refractivity contribution in [2.75, 3.05) is 13.7 Å². The molecule has 0 bridgehead atoms. The fourth-order valence-corrected chi connectivity index (χ4v) is 3.57. The van der Waals surface area contributed by atoms with Crippen LogP contribution in [0.4, 0.5) is 22.0 Å². The topological polar surface area (TPSA) is 124 Å². The second kappa shape index (κ2) is 11.1. The first-order chi connectivity index (χ1) is 17.5. The number of amides is 1. The zero-order valence-electron chi connectivity index (χ0n) is 19.1. The number of halogens is 5. The predicted octanol–water partition coefficient (Wildman–Crippen LogP) is 4.75. The highest BCUT2D eigenvalue weighted by Gasteiger charge is 2.33. The summed E-state index contributed by atoms with van der Waals surface area (Å²) in [5, 5.41) is 12.1. The molecule has 1 amide bonds. The summed E-state index contributed by atoms with van der Waals surface area (Å²) in [5.41, 5.74) is 4.45. The number of alkyl halides is 3. The maximum atomic E-state index is 13.9. The minimum Gasteiger partial charge on any atom is -0.494 e. The number of methoxy groups -OCH3 is 1. The monoisotopic (exact) mass is 538 g/mol. The van der Waals surface area contributed by atoms with Gasteiger partial charge in [-0.1, -0.05) is 13.5 Å². The zero-order valence-corrected chi connectivity index (χ0v) is 19.1. The van der Waals surface area contributed by atoms with Gasteiger partial charge in [-0.2, -0.15) is 13.2 Å². The molecule has 1 atom stereocenters. The summed E-state index contributed by atoms with van der Waals surface area (Å²) < 4.78 is 77.6. The van der Waals surface area contributed by atoms with Crippen molar-refractivity contribution in [2.45, 2.75) is 26.2 Å². The van der Waals surface area contributed by atoms with Gasteiger partial charge in [-0.15, -0.1) is 0 Å². The Morgan fingerprint density at radius 2 is 1.89 bits per heavy atom. The van der Waals surface area contributed by atoms with Crippen LogP contribution in [0.2, 0.25) is 0 Å². The largest absolute Gasteiger partial charge is 0.494 e. The molecule has 0 unspecified atom stereocenters. The Balaban J connectivity index is 0.00000400. The van der Waals surface area contributed by atoms with Crippen molar-refractivity contribution in [2.24, 2.45) is 5.73 Å². The van der Waals surface area contributed by atoms with Gasteiger partial charge in [-0.05, 0) is 30.3 Å². The van der Waals surface area contributed by atoms with E-state index in [0.29, 0.717) is 6.07 Å². The van der Waals surface area contributed by atoms with Crippen LogP contribution in [0.1, 0.15) is 41.0 Å². The number of carbonyl (C=O) groups is 1. The van der Waals surface area contributed by atoms with Crippen LogP contribution in [0.5, 0.6) is 5.75 Å². The molecule has 0 saturated carbocycles. The number of benzene rings is 2. The maximum Gasteiger partial charge on any atom is 0.433 e. The number of nitrogens with one attached hydrogen (secondary N) is 1. The van der Waals surface area contributed by atoms with E-state index in [1.54, 1.807) is 0 Å². The summed E-state index contributed by atoms with van der Waals surface area (Å²) in [4.78, 5) is 20.7. The standard InChI is InChI=1S/C24H19F5N4O4.CH4/c1-36-17-6-4-14(13-5-7-18(24(27,28)29)32-19(13)17)23-33-20(21(37-23)16(30)10-34)22(35)31-9-11-2-3-12(25)8-15(11)26;/h2-8,16,34H,9-10,30H2,1H3,(H,31,35);1H4/t16-;/m0./s1. The second-order valence-electron chi connectivity index (χ2n) is 7.85. The molecule has 2 aromatic heterocycles. The molecule has 0 saturated heterocycles. The highest BCUT2D eigenvalue weighted by molar-refractivity contribution is 5.98. The minimum atomic E-state index is -4.70. The number of nitrogens with zero attached hydrogens (tertiary/aromatic N) is 2. The van der Waals surface area contributed by atoms with Crippen molar-refractivity contribution < 1.29 is 41.0 Å². The Morgan fingerprint density at radius 1 is 1.16 bits per heavy atom. The third kappa shape index (κ3) is 5.58. The van der Waals surface area contributed by atoms with E-state index in [1.807, 2.05) is 0 Å². The van der Waals surface area contributed by atoms with Gasteiger partial charge in [0.1, 0.15) is 28.6 Å². The second-order valence-corrected chi connectivity index (χ2v) is 7.85. The molecule has 4 aromatic rings. The van der Waals surface area contributed by atoms with Crippen LogP contribution in [0.25, 0.3) is 22.4 Å². The van der Waals surface area contributed by atoms with Crippen LogP contribution in [0.15, 0.2) is 46.9 Å². The molecular weight excluding hydrogens is 515 g/mol. The van der Waals surface area contributed by atoms with Crippen molar-refractivity contribution in [3.05, 3.63) is 76.8 Å². The van der Waals surface area contributed by atoms with Gasteiger partial charge in [0.05, 0.1) is 19.8 Å². The van der Waals surface area contributed by atoms with Crippen molar-refractivity contribution in [1.29, 1.82) is 0 Å². The van der Waals surface area contributed by atoms with Gasteiger partial charge in [0.2, 0.25) is 5.89 Å². The summed E-state index contributed by atoms with van der Waals surface area (Å²) in [6.45, 7) is -0.947. The van der Waals surface area contributed by atoms with Crippen molar-refractivity contribution in [3.63, 3.8) is 0 Å².